The number of hydrogen-bond acceptors (Lipinski definition) is 3. The van der Waals surface area contributed by atoms with Crippen molar-refractivity contribution in [3.05, 3.63) is 57.6 Å². The maximum Gasteiger partial charge on any atom is 0.416 e. The highest BCUT2D eigenvalue weighted by molar-refractivity contribution is 9.10. The van der Waals surface area contributed by atoms with Gasteiger partial charge in [0.25, 0.3) is 0 Å². The molecule has 11 heteroatoms. The van der Waals surface area contributed by atoms with E-state index in [1.54, 1.807) is 0 Å². The Kier molecular flexibility index (Phi) is 4.85. The first-order valence-electron chi connectivity index (χ1n) is 8.09. The largest absolute Gasteiger partial charge is 0.416 e. The lowest BCUT2D eigenvalue weighted by molar-refractivity contribution is -0.143. The fourth-order valence-electron chi connectivity index (χ4n) is 2.93. The molecule has 152 valence electrons. The number of rotatable bonds is 1. The zero-order chi connectivity index (χ0) is 21.0. The number of nitrogens with one attached hydrogen (secondary N) is 2. The summed E-state index contributed by atoms with van der Waals surface area (Å²) in [4.78, 5) is 7.46. The summed E-state index contributed by atoms with van der Waals surface area (Å²) in [5, 5.41) is 4.47. The fraction of sp³-hybridized carbons (Fsp3) is 0.167. The Balaban J connectivity index is 1.65. The summed E-state index contributed by atoms with van der Waals surface area (Å²) in [6.45, 7) is 0.242. The highest BCUT2D eigenvalue weighted by atomic mass is 79.9. The number of aliphatic imine (C=N–C) groups is 1. The number of aromatic nitrogens is 1. The maximum absolute atomic E-state index is 13.0. The molecule has 0 saturated heterocycles. The summed E-state index contributed by atoms with van der Waals surface area (Å²) in [5.41, 5.74) is -1.32. The molecule has 1 aliphatic heterocycles. The van der Waals surface area contributed by atoms with Crippen molar-refractivity contribution < 1.29 is 26.3 Å². The zero-order valence-corrected chi connectivity index (χ0v) is 16.6. The molecule has 3 aromatic rings. The summed E-state index contributed by atoms with van der Waals surface area (Å²) in [6, 6.07) is 7.01. The van der Waals surface area contributed by atoms with Crippen molar-refractivity contribution in [1.29, 1.82) is 0 Å². The van der Waals surface area contributed by atoms with Gasteiger partial charge in [0.05, 0.1) is 22.7 Å². The summed E-state index contributed by atoms with van der Waals surface area (Å²) < 4.78 is 79.0. The average molecular weight is 494 g/mol. The van der Waals surface area contributed by atoms with Gasteiger partial charge in [-0.25, -0.2) is 0 Å². The van der Waals surface area contributed by atoms with Crippen LogP contribution in [0.1, 0.15) is 16.7 Å². The van der Waals surface area contributed by atoms with E-state index in [2.05, 4.69) is 31.2 Å². The highest BCUT2D eigenvalue weighted by Crippen LogP contribution is 2.39. The number of amidine groups is 1. The quantitative estimate of drug-likeness (QED) is 0.357. The molecule has 0 unspecified atom stereocenters. The van der Waals surface area contributed by atoms with E-state index < -0.39 is 23.5 Å². The molecule has 0 bridgehead atoms. The van der Waals surface area contributed by atoms with E-state index in [0.717, 1.165) is 37.7 Å². The summed E-state index contributed by atoms with van der Waals surface area (Å²) in [7, 11) is 0. The van der Waals surface area contributed by atoms with Crippen LogP contribution in [-0.2, 0) is 18.9 Å². The van der Waals surface area contributed by atoms with Crippen LogP contribution < -0.4 is 5.32 Å². The predicted molar refractivity (Wildman–Crippen MR) is 103 cm³/mol. The molecule has 2 aromatic carbocycles. The number of alkyl halides is 6. The number of anilines is 1. The Morgan fingerprint density at radius 1 is 0.966 bits per heavy atom. The second-order valence-electron chi connectivity index (χ2n) is 6.27. The van der Waals surface area contributed by atoms with E-state index >= 15 is 0 Å². The first kappa shape index (κ1) is 20.1. The van der Waals surface area contributed by atoms with E-state index in [1.807, 2.05) is 18.2 Å². The van der Waals surface area contributed by atoms with Gasteiger partial charge in [0.15, 0.2) is 5.17 Å². The molecule has 2 N–H and O–H groups in total. The Hall–Kier alpha value is -2.14. The van der Waals surface area contributed by atoms with Gasteiger partial charge in [0.2, 0.25) is 0 Å². The van der Waals surface area contributed by atoms with Crippen LogP contribution in [0.15, 0.2) is 50.9 Å². The molecule has 4 rings (SSSR count). The Labute approximate surface area is 172 Å². The van der Waals surface area contributed by atoms with Gasteiger partial charge < -0.3 is 10.3 Å². The molecule has 1 aliphatic rings. The van der Waals surface area contributed by atoms with Crippen molar-refractivity contribution in [3.8, 4) is 0 Å². The van der Waals surface area contributed by atoms with Crippen molar-refractivity contribution in [3.63, 3.8) is 0 Å². The molecule has 0 amide bonds. The number of halogens is 7. The first-order valence-corrected chi connectivity index (χ1v) is 9.70. The molecular weight excluding hydrogens is 484 g/mol. The lowest BCUT2D eigenvalue weighted by Gasteiger charge is -2.17. The first-order chi connectivity index (χ1) is 13.5. The van der Waals surface area contributed by atoms with Crippen molar-refractivity contribution in [2.24, 2.45) is 4.99 Å². The fourth-order valence-corrected chi connectivity index (χ4v) is 4.25. The van der Waals surface area contributed by atoms with Gasteiger partial charge in [0.1, 0.15) is 0 Å². The smallest absolute Gasteiger partial charge is 0.349 e. The number of hydrogen-bond donors (Lipinski definition) is 2. The van der Waals surface area contributed by atoms with Crippen LogP contribution in [0.4, 0.5) is 32.0 Å². The normalized spacial score (nSPS) is 14.7. The minimum absolute atomic E-state index is 0.0919. The minimum Gasteiger partial charge on any atom is -0.349 e. The second kappa shape index (κ2) is 6.98. The van der Waals surface area contributed by atoms with Crippen molar-refractivity contribution in [2.75, 3.05) is 5.32 Å². The van der Waals surface area contributed by atoms with Gasteiger partial charge in [0, 0.05) is 26.6 Å². The highest BCUT2D eigenvalue weighted by Gasteiger charge is 2.37. The molecule has 3 nitrogen and oxygen atoms in total. The SMILES string of the molecule is FC(F)(F)c1cc(NC2=NCc3c([nH]c4ccc(Br)cc34)S2)cc(C(F)(F)F)c1. The van der Waals surface area contributed by atoms with E-state index in [1.165, 1.54) is 0 Å². The third kappa shape index (κ3) is 4.11. The summed E-state index contributed by atoms with van der Waals surface area (Å²) in [6.07, 6.45) is -9.81. The van der Waals surface area contributed by atoms with Crippen LogP contribution in [0, 0.1) is 0 Å². The van der Waals surface area contributed by atoms with Crippen LogP contribution in [0.5, 0.6) is 0 Å². The maximum atomic E-state index is 13.0. The van der Waals surface area contributed by atoms with Crippen LogP contribution in [-0.4, -0.2) is 10.2 Å². The third-order valence-electron chi connectivity index (χ3n) is 4.25. The van der Waals surface area contributed by atoms with E-state index in [4.69, 9.17) is 0 Å². The van der Waals surface area contributed by atoms with Gasteiger partial charge in [-0.2, -0.15) is 26.3 Å². The molecule has 0 aliphatic carbocycles. The van der Waals surface area contributed by atoms with E-state index in [9.17, 15) is 26.3 Å². The van der Waals surface area contributed by atoms with E-state index in [-0.39, 0.29) is 23.5 Å². The number of H-pyrrole nitrogens is 1. The second-order valence-corrected chi connectivity index (χ2v) is 8.18. The predicted octanol–water partition coefficient (Wildman–Crippen LogP) is 7.04. The molecule has 1 aromatic heterocycles. The molecule has 0 radical (unpaired) electrons. The topological polar surface area (TPSA) is 40.2 Å². The zero-order valence-electron chi connectivity index (χ0n) is 14.2. The Bertz CT molecular complexity index is 1100. The van der Waals surface area contributed by atoms with Gasteiger partial charge in [-0.05, 0) is 48.2 Å². The number of nitrogens with zero attached hydrogens (tertiary/aromatic N) is 1. The molecule has 29 heavy (non-hydrogen) atoms. The molecule has 0 saturated carbocycles. The van der Waals surface area contributed by atoms with Crippen LogP contribution in [0.2, 0.25) is 0 Å². The van der Waals surface area contributed by atoms with Gasteiger partial charge >= 0.3 is 12.4 Å². The minimum atomic E-state index is -4.91. The summed E-state index contributed by atoms with van der Waals surface area (Å²) >= 11 is 4.51. The number of thioether (sulfide) groups is 1. The molecule has 0 spiro atoms. The molecule has 0 fully saturated rings. The van der Waals surface area contributed by atoms with E-state index in [0.29, 0.717) is 12.1 Å². The lowest BCUT2D eigenvalue weighted by Crippen LogP contribution is -2.15. The lowest BCUT2D eigenvalue weighted by atomic mass is 10.1. The summed E-state index contributed by atoms with van der Waals surface area (Å²) in [5.74, 6) is 0. The Morgan fingerprint density at radius 2 is 1.62 bits per heavy atom. The van der Waals surface area contributed by atoms with Gasteiger partial charge in [-0.3, -0.25) is 4.99 Å². The Morgan fingerprint density at radius 3 is 2.24 bits per heavy atom. The third-order valence-corrected chi connectivity index (χ3v) is 5.72. The number of benzene rings is 2. The van der Waals surface area contributed by atoms with Crippen LogP contribution in [0.25, 0.3) is 10.9 Å². The molecule has 2 heterocycles. The molecule has 0 atom stereocenters. The monoisotopic (exact) mass is 493 g/mol. The average Bonchev–Trinajstić information content (AvgIpc) is 2.97. The van der Waals surface area contributed by atoms with Crippen molar-refractivity contribution >= 4 is 49.4 Å². The van der Waals surface area contributed by atoms with Crippen LogP contribution >= 0.6 is 27.7 Å². The van der Waals surface area contributed by atoms with Crippen molar-refractivity contribution in [1.82, 2.24) is 4.98 Å². The van der Waals surface area contributed by atoms with Gasteiger partial charge in [-0.1, -0.05) is 15.9 Å². The van der Waals surface area contributed by atoms with Crippen molar-refractivity contribution in [2.45, 2.75) is 23.9 Å². The molecular formula is C18H10BrF6N3S. The number of aromatic amines is 1. The number of fused-ring (bicyclic) bond motifs is 3. The van der Waals surface area contributed by atoms with Gasteiger partial charge in [-0.15, -0.1) is 0 Å². The van der Waals surface area contributed by atoms with Crippen LogP contribution in [0.3, 0.4) is 0 Å². The standard InChI is InChI=1S/C18H10BrF6N3S/c19-10-1-2-14-12(6-10)13-7-26-16(29-15(13)28-14)27-11-4-8(17(20,21)22)3-9(5-11)18(23,24)25/h1-6,28H,7H2,(H,26,27).